The first-order valence-electron chi connectivity index (χ1n) is 8.52. The summed E-state index contributed by atoms with van der Waals surface area (Å²) in [6.07, 6.45) is 0. The highest BCUT2D eigenvalue weighted by atomic mass is 35.5. The molecular weight excluding hydrogens is 352 g/mol. The van der Waals surface area contributed by atoms with Gasteiger partial charge in [-0.05, 0) is 55.3 Å². The zero-order valence-electron chi connectivity index (χ0n) is 15.1. The van der Waals surface area contributed by atoms with Crippen molar-refractivity contribution in [3.8, 4) is 5.75 Å². The normalized spacial score (nSPS) is 10.5. The molecule has 2 aromatic carbocycles. The van der Waals surface area contributed by atoms with E-state index >= 15 is 0 Å². The molecule has 0 aliphatic carbocycles. The van der Waals surface area contributed by atoms with Crippen LogP contribution in [0.4, 0.5) is 5.69 Å². The third kappa shape index (κ3) is 5.49. The van der Waals surface area contributed by atoms with Gasteiger partial charge in [0.15, 0.2) is 0 Å². The maximum Gasteiger partial charge on any atom is 0.255 e. The fraction of sp³-hybridized carbons (Fsp3) is 0.300. The monoisotopic (exact) mass is 374 g/mol. The van der Waals surface area contributed by atoms with Gasteiger partial charge in [0.05, 0.1) is 17.3 Å². The van der Waals surface area contributed by atoms with Gasteiger partial charge in [-0.3, -0.25) is 9.59 Å². The van der Waals surface area contributed by atoms with E-state index in [1.807, 2.05) is 20.8 Å². The van der Waals surface area contributed by atoms with Crippen LogP contribution in [-0.2, 0) is 0 Å². The van der Waals surface area contributed by atoms with E-state index in [1.165, 1.54) is 0 Å². The first-order valence-corrected chi connectivity index (χ1v) is 8.90. The average Bonchev–Trinajstić information content (AvgIpc) is 2.62. The molecule has 0 radical (unpaired) electrons. The van der Waals surface area contributed by atoms with Crippen molar-refractivity contribution in [2.75, 3.05) is 18.5 Å². The second-order valence-electron chi connectivity index (χ2n) is 6.21. The van der Waals surface area contributed by atoms with Gasteiger partial charge in [0, 0.05) is 17.7 Å². The second-order valence-corrected chi connectivity index (χ2v) is 6.62. The molecule has 0 aromatic heterocycles. The summed E-state index contributed by atoms with van der Waals surface area (Å²) >= 11 is 6.16. The van der Waals surface area contributed by atoms with Crippen LogP contribution < -0.4 is 15.4 Å². The SMILES string of the molecule is CCOc1ccc(C(=O)Nc2cc(C(=O)NCC(C)C)ccc2Cl)cc1. The van der Waals surface area contributed by atoms with Gasteiger partial charge in [-0.15, -0.1) is 0 Å². The Labute approximate surface area is 158 Å². The third-order valence-electron chi connectivity index (χ3n) is 3.58. The number of hydrogen-bond acceptors (Lipinski definition) is 3. The van der Waals surface area contributed by atoms with Crippen LogP contribution in [-0.4, -0.2) is 25.0 Å². The van der Waals surface area contributed by atoms with Gasteiger partial charge in [-0.25, -0.2) is 0 Å². The van der Waals surface area contributed by atoms with Gasteiger partial charge in [0.1, 0.15) is 5.75 Å². The van der Waals surface area contributed by atoms with Crippen molar-refractivity contribution in [3.05, 3.63) is 58.6 Å². The second kappa shape index (κ2) is 9.25. The third-order valence-corrected chi connectivity index (χ3v) is 3.90. The highest BCUT2D eigenvalue weighted by Crippen LogP contribution is 2.24. The van der Waals surface area contributed by atoms with Gasteiger partial charge >= 0.3 is 0 Å². The van der Waals surface area contributed by atoms with E-state index in [0.29, 0.717) is 46.7 Å². The Morgan fingerprint density at radius 1 is 1.04 bits per heavy atom. The molecule has 0 aliphatic rings. The summed E-state index contributed by atoms with van der Waals surface area (Å²) in [5.41, 5.74) is 1.30. The summed E-state index contributed by atoms with van der Waals surface area (Å²) < 4.78 is 5.36. The van der Waals surface area contributed by atoms with E-state index in [4.69, 9.17) is 16.3 Å². The van der Waals surface area contributed by atoms with Crippen molar-refractivity contribution in [2.45, 2.75) is 20.8 Å². The minimum atomic E-state index is -0.310. The Hall–Kier alpha value is -2.53. The van der Waals surface area contributed by atoms with Gasteiger partial charge in [-0.2, -0.15) is 0 Å². The lowest BCUT2D eigenvalue weighted by Crippen LogP contribution is -2.27. The largest absolute Gasteiger partial charge is 0.494 e. The lowest BCUT2D eigenvalue weighted by atomic mass is 10.1. The smallest absolute Gasteiger partial charge is 0.255 e. The number of hydrogen-bond donors (Lipinski definition) is 2. The Morgan fingerprint density at radius 2 is 1.69 bits per heavy atom. The molecule has 0 unspecified atom stereocenters. The molecule has 2 aromatic rings. The van der Waals surface area contributed by atoms with Gasteiger partial charge in [0.25, 0.3) is 11.8 Å². The Kier molecular flexibility index (Phi) is 7.04. The summed E-state index contributed by atoms with van der Waals surface area (Å²) in [6, 6.07) is 11.6. The van der Waals surface area contributed by atoms with Crippen molar-refractivity contribution in [1.29, 1.82) is 0 Å². The predicted molar refractivity (Wildman–Crippen MR) is 104 cm³/mol. The van der Waals surface area contributed by atoms with Crippen molar-refractivity contribution in [3.63, 3.8) is 0 Å². The number of carbonyl (C=O) groups is 2. The maximum absolute atomic E-state index is 12.4. The average molecular weight is 375 g/mol. The van der Waals surface area contributed by atoms with Crippen LogP contribution in [0.3, 0.4) is 0 Å². The summed E-state index contributed by atoms with van der Waals surface area (Å²) in [5, 5.41) is 5.95. The van der Waals surface area contributed by atoms with Crippen LogP contribution >= 0.6 is 11.6 Å². The molecule has 0 atom stereocenters. The highest BCUT2D eigenvalue weighted by molar-refractivity contribution is 6.34. The van der Waals surface area contributed by atoms with E-state index in [0.717, 1.165) is 0 Å². The van der Waals surface area contributed by atoms with Crippen molar-refractivity contribution >= 4 is 29.1 Å². The summed E-state index contributed by atoms with van der Waals surface area (Å²) in [7, 11) is 0. The Morgan fingerprint density at radius 3 is 2.31 bits per heavy atom. The van der Waals surface area contributed by atoms with Crippen LogP contribution in [0.1, 0.15) is 41.5 Å². The lowest BCUT2D eigenvalue weighted by molar-refractivity contribution is 0.0947. The van der Waals surface area contributed by atoms with E-state index in [1.54, 1.807) is 42.5 Å². The molecule has 0 saturated carbocycles. The van der Waals surface area contributed by atoms with Crippen LogP contribution in [0, 0.1) is 5.92 Å². The van der Waals surface area contributed by atoms with Crippen LogP contribution in [0.2, 0.25) is 5.02 Å². The predicted octanol–water partition coefficient (Wildman–Crippen LogP) is 4.38. The standard InChI is InChI=1S/C20H23ClN2O3/c1-4-26-16-8-5-14(6-9-16)20(25)23-18-11-15(7-10-17(18)21)19(24)22-12-13(2)3/h5-11,13H,4,12H2,1-3H3,(H,22,24)(H,23,25). The van der Waals surface area contributed by atoms with E-state index in [9.17, 15) is 9.59 Å². The van der Waals surface area contributed by atoms with E-state index in [2.05, 4.69) is 10.6 Å². The molecule has 138 valence electrons. The topological polar surface area (TPSA) is 67.4 Å². The van der Waals surface area contributed by atoms with Crippen molar-refractivity contribution in [2.24, 2.45) is 5.92 Å². The van der Waals surface area contributed by atoms with Gasteiger partial charge in [0.2, 0.25) is 0 Å². The minimum Gasteiger partial charge on any atom is -0.494 e. The summed E-state index contributed by atoms with van der Waals surface area (Å²) in [5.74, 6) is 0.539. The van der Waals surface area contributed by atoms with E-state index in [-0.39, 0.29) is 11.8 Å². The summed E-state index contributed by atoms with van der Waals surface area (Å²) in [6.45, 7) is 7.07. The molecule has 2 rings (SSSR count). The molecule has 0 heterocycles. The van der Waals surface area contributed by atoms with Gasteiger partial charge < -0.3 is 15.4 Å². The van der Waals surface area contributed by atoms with Crippen molar-refractivity contribution in [1.82, 2.24) is 5.32 Å². The molecule has 0 fully saturated rings. The molecule has 0 spiro atoms. The number of amides is 2. The molecule has 0 aliphatic heterocycles. The highest BCUT2D eigenvalue weighted by Gasteiger charge is 2.12. The van der Waals surface area contributed by atoms with Crippen molar-refractivity contribution < 1.29 is 14.3 Å². The quantitative estimate of drug-likeness (QED) is 0.755. The number of ether oxygens (including phenoxy) is 1. The van der Waals surface area contributed by atoms with Crippen LogP contribution in [0.5, 0.6) is 5.75 Å². The number of nitrogens with one attached hydrogen (secondary N) is 2. The first-order chi connectivity index (χ1) is 12.4. The molecule has 0 saturated heterocycles. The number of rotatable bonds is 7. The molecule has 5 nitrogen and oxygen atoms in total. The molecular formula is C20H23ClN2O3. The number of halogens is 1. The number of carbonyl (C=O) groups excluding carboxylic acids is 2. The fourth-order valence-electron chi connectivity index (χ4n) is 2.22. The Balaban J connectivity index is 2.11. The number of benzene rings is 2. The Bertz CT molecular complexity index is 773. The first kappa shape index (κ1) is 19.8. The summed E-state index contributed by atoms with van der Waals surface area (Å²) in [4.78, 5) is 24.6. The number of anilines is 1. The van der Waals surface area contributed by atoms with E-state index < -0.39 is 0 Å². The zero-order chi connectivity index (χ0) is 19.1. The zero-order valence-corrected chi connectivity index (χ0v) is 15.9. The molecule has 26 heavy (non-hydrogen) atoms. The lowest BCUT2D eigenvalue weighted by Gasteiger charge is -2.11. The molecule has 0 bridgehead atoms. The minimum absolute atomic E-state index is 0.202. The fourth-order valence-corrected chi connectivity index (χ4v) is 2.39. The maximum atomic E-state index is 12.4. The van der Waals surface area contributed by atoms with Gasteiger partial charge in [-0.1, -0.05) is 25.4 Å². The van der Waals surface area contributed by atoms with Crippen LogP contribution in [0.15, 0.2) is 42.5 Å². The molecule has 2 amide bonds. The van der Waals surface area contributed by atoms with Crippen LogP contribution in [0.25, 0.3) is 0 Å². The molecule has 6 heteroatoms. The molecule has 2 N–H and O–H groups in total.